The number of carbonyl (C=O) groups excluding carboxylic acids is 1. The second-order valence-corrected chi connectivity index (χ2v) is 2.14. The third-order valence-electron chi connectivity index (χ3n) is 1.07. The summed E-state index contributed by atoms with van der Waals surface area (Å²) in [5.41, 5.74) is 0.438. The number of carbonyl (C=O) groups is 1. The van der Waals surface area contributed by atoms with Crippen molar-refractivity contribution < 1.29 is 9.53 Å². The smallest absolute Gasteiger partial charge is 0.339 e. The molecule has 0 aliphatic rings. The van der Waals surface area contributed by atoms with E-state index in [-0.39, 0.29) is 5.97 Å². The number of nitrogens with one attached hydrogen (secondary N) is 1. The van der Waals surface area contributed by atoms with Gasteiger partial charge in [-0.25, -0.2) is 4.79 Å². The number of aromatic amines is 1. The van der Waals surface area contributed by atoms with Gasteiger partial charge in [0.2, 0.25) is 0 Å². The predicted molar refractivity (Wildman–Crippen MR) is 37.1 cm³/mol. The van der Waals surface area contributed by atoms with Crippen LogP contribution in [-0.2, 0) is 4.74 Å². The van der Waals surface area contributed by atoms with E-state index in [1.807, 2.05) is 0 Å². The number of halogens is 1. The molecule has 3 nitrogen and oxygen atoms in total. The van der Waals surface area contributed by atoms with E-state index in [2.05, 4.69) is 9.72 Å². The number of aromatic nitrogens is 1. The molecule has 54 valence electrons. The van der Waals surface area contributed by atoms with Gasteiger partial charge in [-0.15, -0.1) is 0 Å². The quantitative estimate of drug-likeness (QED) is 0.631. The standard InChI is InChI=1S/C6H6ClNO2/c1-10-6(9)4-2-5(7)8-3-4/h2-3,8H,1H3. The van der Waals surface area contributed by atoms with Crippen LogP contribution >= 0.6 is 11.6 Å². The number of ether oxygens (including phenoxy) is 1. The van der Waals surface area contributed by atoms with E-state index in [1.165, 1.54) is 19.4 Å². The lowest BCUT2D eigenvalue weighted by Gasteiger charge is -1.90. The molecule has 0 aliphatic heterocycles. The van der Waals surface area contributed by atoms with Crippen LogP contribution < -0.4 is 0 Å². The first kappa shape index (κ1) is 7.15. The Labute approximate surface area is 62.9 Å². The first-order chi connectivity index (χ1) is 4.74. The van der Waals surface area contributed by atoms with Crippen LogP contribution in [0.1, 0.15) is 10.4 Å². The van der Waals surface area contributed by atoms with E-state index < -0.39 is 0 Å². The topological polar surface area (TPSA) is 42.1 Å². The van der Waals surface area contributed by atoms with E-state index in [1.54, 1.807) is 0 Å². The highest BCUT2D eigenvalue weighted by Gasteiger charge is 2.05. The van der Waals surface area contributed by atoms with E-state index in [0.29, 0.717) is 10.7 Å². The second-order valence-electron chi connectivity index (χ2n) is 1.73. The lowest BCUT2D eigenvalue weighted by atomic mass is 10.3. The largest absolute Gasteiger partial charge is 0.465 e. The van der Waals surface area contributed by atoms with Crippen molar-refractivity contribution in [2.24, 2.45) is 0 Å². The third-order valence-corrected chi connectivity index (χ3v) is 1.29. The van der Waals surface area contributed by atoms with Crippen molar-refractivity contribution in [2.75, 3.05) is 7.11 Å². The first-order valence-corrected chi connectivity index (χ1v) is 3.04. The van der Waals surface area contributed by atoms with E-state index in [9.17, 15) is 4.79 Å². The van der Waals surface area contributed by atoms with Crippen molar-refractivity contribution in [3.05, 3.63) is 23.0 Å². The zero-order chi connectivity index (χ0) is 7.56. The Hall–Kier alpha value is -0.960. The van der Waals surface area contributed by atoms with Crippen LogP contribution in [0.5, 0.6) is 0 Å². The minimum atomic E-state index is -0.386. The summed E-state index contributed by atoms with van der Waals surface area (Å²) in [4.78, 5) is 13.4. The average molecular weight is 160 g/mol. The molecule has 0 atom stereocenters. The minimum absolute atomic E-state index is 0.386. The maximum atomic E-state index is 10.7. The van der Waals surface area contributed by atoms with Gasteiger partial charge in [-0.3, -0.25) is 0 Å². The van der Waals surface area contributed by atoms with Crippen LogP contribution in [0.25, 0.3) is 0 Å². The Bertz CT molecular complexity index is 244. The van der Waals surface area contributed by atoms with Gasteiger partial charge in [0, 0.05) is 6.20 Å². The number of esters is 1. The molecule has 1 aromatic heterocycles. The predicted octanol–water partition coefficient (Wildman–Crippen LogP) is 1.45. The van der Waals surface area contributed by atoms with Gasteiger partial charge in [-0.05, 0) is 6.07 Å². The molecule has 0 bridgehead atoms. The van der Waals surface area contributed by atoms with Gasteiger partial charge in [-0.1, -0.05) is 11.6 Å². The summed E-state index contributed by atoms with van der Waals surface area (Å²) in [7, 11) is 1.32. The maximum Gasteiger partial charge on any atom is 0.339 e. The van der Waals surface area contributed by atoms with Gasteiger partial charge in [-0.2, -0.15) is 0 Å². The van der Waals surface area contributed by atoms with Crippen molar-refractivity contribution in [2.45, 2.75) is 0 Å². The SMILES string of the molecule is COC(=O)c1c[nH]c(Cl)c1. The van der Waals surface area contributed by atoms with Crippen LogP contribution in [-0.4, -0.2) is 18.1 Å². The molecule has 1 heterocycles. The Kier molecular flexibility index (Phi) is 1.97. The van der Waals surface area contributed by atoms with Crippen LogP contribution in [0.15, 0.2) is 12.3 Å². The summed E-state index contributed by atoms with van der Waals surface area (Å²) in [6, 6.07) is 1.51. The van der Waals surface area contributed by atoms with Crippen LogP contribution in [0.3, 0.4) is 0 Å². The molecule has 0 aliphatic carbocycles. The van der Waals surface area contributed by atoms with Crippen molar-refractivity contribution >= 4 is 17.6 Å². The molecule has 1 N–H and O–H groups in total. The molecule has 4 heteroatoms. The molecule has 0 unspecified atom stereocenters. The number of methoxy groups -OCH3 is 1. The molecule has 0 aromatic carbocycles. The Morgan fingerprint density at radius 2 is 2.50 bits per heavy atom. The second kappa shape index (κ2) is 2.75. The summed E-state index contributed by atoms with van der Waals surface area (Å²) < 4.78 is 4.43. The van der Waals surface area contributed by atoms with Gasteiger partial charge >= 0.3 is 5.97 Å². The summed E-state index contributed by atoms with van der Waals surface area (Å²) >= 11 is 5.50. The molecule has 0 saturated carbocycles. The average Bonchev–Trinajstić information content (AvgIpc) is 2.34. The summed E-state index contributed by atoms with van der Waals surface area (Å²) in [6.45, 7) is 0. The van der Waals surface area contributed by atoms with Crippen LogP contribution in [0.4, 0.5) is 0 Å². The van der Waals surface area contributed by atoms with Gasteiger partial charge in [0.05, 0.1) is 12.7 Å². The highest BCUT2D eigenvalue weighted by molar-refractivity contribution is 6.29. The Morgan fingerprint density at radius 1 is 1.80 bits per heavy atom. The van der Waals surface area contributed by atoms with Gasteiger partial charge in [0.25, 0.3) is 0 Å². The normalized spacial score (nSPS) is 9.40. The monoisotopic (exact) mass is 159 g/mol. The van der Waals surface area contributed by atoms with Crippen LogP contribution in [0, 0.1) is 0 Å². The fraction of sp³-hybridized carbons (Fsp3) is 0.167. The highest BCUT2D eigenvalue weighted by Crippen LogP contribution is 2.08. The van der Waals surface area contributed by atoms with Gasteiger partial charge in [0.1, 0.15) is 5.15 Å². The molecule has 0 amide bonds. The van der Waals surface area contributed by atoms with Gasteiger partial charge < -0.3 is 9.72 Å². The fourth-order valence-corrected chi connectivity index (χ4v) is 0.774. The molecule has 0 spiro atoms. The number of rotatable bonds is 1. The molecule has 0 saturated heterocycles. The van der Waals surface area contributed by atoms with Gasteiger partial charge in [0.15, 0.2) is 0 Å². The van der Waals surface area contributed by atoms with Crippen LogP contribution in [0.2, 0.25) is 5.15 Å². The molecule has 10 heavy (non-hydrogen) atoms. The summed E-state index contributed by atoms with van der Waals surface area (Å²) in [5.74, 6) is -0.386. The first-order valence-electron chi connectivity index (χ1n) is 2.66. The summed E-state index contributed by atoms with van der Waals surface area (Å²) in [5, 5.41) is 0.431. The lowest BCUT2D eigenvalue weighted by molar-refractivity contribution is 0.0601. The zero-order valence-electron chi connectivity index (χ0n) is 5.35. The van der Waals surface area contributed by atoms with E-state index in [0.717, 1.165) is 0 Å². The molecule has 0 fully saturated rings. The molecular weight excluding hydrogens is 154 g/mol. The van der Waals surface area contributed by atoms with Crippen molar-refractivity contribution in [1.82, 2.24) is 4.98 Å². The number of hydrogen-bond acceptors (Lipinski definition) is 2. The number of H-pyrrole nitrogens is 1. The van der Waals surface area contributed by atoms with E-state index >= 15 is 0 Å². The van der Waals surface area contributed by atoms with Crippen molar-refractivity contribution in [3.63, 3.8) is 0 Å². The zero-order valence-corrected chi connectivity index (χ0v) is 6.11. The van der Waals surface area contributed by atoms with Crippen molar-refractivity contribution in [1.29, 1.82) is 0 Å². The molecule has 1 rings (SSSR count). The number of hydrogen-bond donors (Lipinski definition) is 1. The highest BCUT2D eigenvalue weighted by atomic mass is 35.5. The van der Waals surface area contributed by atoms with E-state index in [4.69, 9.17) is 11.6 Å². The molecular formula is C6H6ClNO2. The molecule has 1 aromatic rings. The third kappa shape index (κ3) is 1.30. The lowest BCUT2D eigenvalue weighted by Crippen LogP contribution is -1.98. The molecule has 0 radical (unpaired) electrons. The minimum Gasteiger partial charge on any atom is -0.465 e. The Morgan fingerprint density at radius 3 is 2.90 bits per heavy atom. The fourth-order valence-electron chi connectivity index (χ4n) is 0.602. The van der Waals surface area contributed by atoms with Crippen molar-refractivity contribution in [3.8, 4) is 0 Å². The summed E-state index contributed by atoms with van der Waals surface area (Å²) in [6.07, 6.45) is 1.49. The Balaban J connectivity index is 2.85. The maximum absolute atomic E-state index is 10.7.